The third-order valence-corrected chi connectivity index (χ3v) is 5.95. The number of piperidine rings is 1. The van der Waals surface area contributed by atoms with E-state index in [0.29, 0.717) is 31.0 Å². The Morgan fingerprint density at radius 1 is 0.903 bits per heavy atom. The SMILES string of the molecule is O=C(c1ccc(OC[C@H]2CCCN(C(=O)c3cc(F)ccc3F)C2)cc1)N1CCCC1. The van der Waals surface area contributed by atoms with Gasteiger partial charge in [0.25, 0.3) is 11.8 Å². The maximum absolute atomic E-state index is 14.0. The summed E-state index contributed by atoms with van der Waals surface area (Å²) in [5, 5.41) is 0. The lowest BCUT2D eigenvalue weighted by Gasteiger charge is -2.32. The van der Waals surface area contributed by atoms with Crippen LogP contribution < -0.4 is 4.74 Å². The fourth-order valence-electron chi connectivity index (χ4n) is 4.23. The first kappa shape index (κ1) is 21.3. The fourth-order valence-corrected chi connectivity index (χ4v) is 4.23. The summed E-state index contributed by atoms with van der Waals surface area (Å²) in [6, 6.07) is 10.1. The maximum atomic E-state index is 14.0. The summed E-state index contributed by atoms with van der Waals surface area (Å²) in [5.74, 6) is -1.03. The second kappa shape index (κ2) is 9.45. The Hall–Kier alpha value is -2.96. The van der Waals surface area contributed by atoms with Crippen LogP contribution in [0.5, 0.6) is 5.75 Å². The fraction of sp³-hybridized carbons (Fsp3) is 0.417. The summed E-state index contributed by atoms with van der Waals surface area (Å²) in [6.45, 7) is 2.98. The van der Waals surface area contributed by atoms with Crippen LogP contribution in [0.15, 0.2) is 42.5 Å². The molecular weight excluding hydrogens is 402 g/mol. The average Bonchev–Trinajstić information content (AvgIpc) is 3.34. The van der Waals surface area contributed by atoms with Gasteiger partial charge in [-0.05, 0) is 68.1 Å². The van der Waals surface area contributed by atoms with Crippen LogP contribution in [0.2, 0.25) is 0 Å². The van der Waals surface area contributed by atoms with Gasteiger partial charge in [0.1, 0.15) is 17.4 Å². The molecule has 1 atom stereocenters. The van der Waals surface area contributed by atoms with Crippen LogP contribution in [0.25, 0.3) is 0 Å². The van der Waals surface area contributed by atoms with Crippen LogP contribution in [-0.2, 0) is 0 Å². The summed E-state index contributed by atoms with van der Waals surface area (Å²) in [7, 11) is 0. The summed E-state index contributed by atoms with van der Waals surface area (Å²) in [4.78, 5) is 28.5. The van der Waals surface area contributed by atoms with Gasteiger partial charge in [0, 0.05) is 37.7 Å². The molecular formula is C24H26F2N2O3. The van der Waals surface area contributed by atoms with Crippen molar-refractivity contribution in [2.24, 2.45) is 5.92 Å². The minimum Gasteiger partial charge on any atom is -0.493 e. The molecule has 0 aliphatic carbocycles. The van der Waals surface area contributed by atoms with Crippen LogP contribution >= 0.6 is 0 Å². The number of carbonyl (C=O) groups is 2. The number of amides is 2. The predicted molar refractivity (Wildman–Crippen MR) is 112 cm³/mol. The molecule has 0 saturated carbocycles. The molecule has 2 aliphatic rings. The molecule has 2 aromatic rings. The van der Waals surface area contributed by atoms with E-state index in [0.717, 1.165) is 57.0 Å². The standard InChI is InChI=1S/C24H26F2N2O3/c25-19-7-10-22(26)21(14-19)24(30)28-13-3-4-17(15-28)16-31-20-8-5-18(6-9-20)23(29)27-11-1-2-12-27/h5-10,14,17H,1-4,11-13,15-16H2/t17-/m0/s1. The number of likely N-dealkylation sites (tertiary alicyclic amines) is 2. The Kier molecular flexibility index (Phi) is 6.49. The van der Waals surface area contributed by atoms with E-state index in [1.165, 1.54) is 0 Å². The van der Waals surface area contributed by atoms with Crippen LogP contribution in [0.4, 0.5) is 8.78 Å². The maximum Gasteiger partial charge on any atom is 0.256 e. The zero-order valence-corrected chi connectivity index (χ0v) is 17.4. The van der Waals surface area contributed by atoms with Gasteiger partial charge in [-0.1, -0.05) is 0 Å². The van der Waals surface area contributed by atoms with Gasteiger partial charge < -0.3 is 14.5 Å². The highest BCUT2D eigenvalue weighted by atomic mass is 19.1. The third kappa shape index (κ3) is 5.03. The number of carbonyl (C=O) groups excluding carboxylic acids is 2. The van der Waals surface area contributed by atoms with Crippen LogP contribution in [-0.4, -0.2) is 54.4 Å². The van der Waals surface area contributed by atoms with Gasteiger partial charge in [-0.3, -0.25) is 9.59 Å². The summed E-state index contributed by atoms with van der Waals surface area (Å²) in [5.41, 5.74) is 0.417. The Morgan fingerprint density at radius 3 is 2.35 bits per heavy atom. The van der Waals surface area contributed by atoms with E-state index < -0.39 is 17.5 Å². The lowest BCUT2D eigenvalue weighted by molar-refractivity contribution is 0.0628. The van der Waals surface area contributed by atoms with Crippen molar-refractivity contribution in [1.29, 1.82) is 0 Å². The minimum absolute atomic E-state index is 0.0510. The van der Waals surface area contributed by atoms with Crippen LogP contribution in [0, 0.1) is 17.6 Å². The molecule has 2 aliphatic heterocycles. The van der Waals surface area contributed by atoms with Crippen molar-refractivity contribution in [2.45, 2.75) is 25.7 Å². The Labute approximate surface area is 180 Å². The molecule has 0 bridgehead atoms. The highest BCUT2D eigenvalue weighted by Gasteiger charge is 2.27. The minimum atomic E-state index is -0.714. The first-order valence-corrected chi connectivity index (χ1v) is 10.8. The van der Waals surface area contributed by atoms with E-state index >= 15 is 0 Å². The lowest BCUT2D eigenvalue weighted by Crippen LogP contribution is -2.41. The third-order valence-electron chi connectivity index (χ3n) is 5.95. The molecule has 2 fully saturated rings. The molecule has 0 aromatic heterocycles. The van der Waals surface area contributed by atoms with Crippen molar-refractivity contribution < 1.29 is 23.1 Å². The lowest BCUT2D eigenvalue weighted by atomic mass is 9.98. The van der Waals surface area contributed by atoms with Crippen molar-refractivity contribution in [3.63, 3.8) is 0 Å². The van der Waals surface area contributed by atoms with Crippen molar-refractivity contribution in [1.82, 2.24) is 9.80 Å². The van der Waals surface area contributed by atoms with Crippen molar-refractivity contribution in [3.05, 3.63) is 65.2 Å². The van der Waals surface area contributed by atoms with Crippen molar-refractivity contribution in [2.75, 3.05) is 32.8 Å². The number of ether oxygens (including phenoxy) is 1. The Bertz CT molecular complexity index is 942. The molecule has 7 heteroatoms. The highest BCUT2D eigenvalue weighted by Crippen LogP contribution is 2.22. The van der Waals surface area contributed by atoms with Crippen molar-refractivity contribution >= 4 is 11.8 Å². The molecule has 0 spiro atoms. The molecule has 5 nitrogen and oxygen atoms in total. The monoisotopic (exact) mass is 428 g/mol. The average molecular weight is 428 g/mol. The predicted octanol–water partition coefficient (Wildman–Crippen LogP) is 4.13. The molecule has 0 radical (unpaired) electrons. The quantitative estimate of drug-likeness (QED) is 0.720. The second-order valence-corrected chi connectivity index (χ2v) is 8.22. The Balaban J connectivity index is 1.32. The molecule has 0 unspecified atom stereocenters. The van der Waals surface area contributed by atoms with Gasteiger partial charge >= 0.3 is 0 Å². The molecule has 2 saturated heterocycles. The second-order valence-electron chi connectivity index (χ2n) is 8.22. The molecule has 2 amide bonds. The van der Waals surface area contributed by atoms with Crippen LogP contribution in [0.3, 0.4) is 0 Å². The highest BCUT2D eigenvalue weighted by molar-refractivity contribution is 5.95. The topological polar surface area (TPSA) is 49.9 Å². The van der Waals surface area contributed by atoms with Gasteiger partial charge in [-0.2, -0.15) is 0 Å². The molecule has 4 rings (SSSR count). The van der Waals surface area contributed by atoms with E-state index in [1.54, 1.807) is 29.2 Å². The van der Waals surface area contributed by atoms with Gasteiger partial charge in [0.2, 0.25) is 0 Å². The normalized spacial score (nSPS) is 18.8. The number of rotatable bonds is 5. The number of nitrogens with zero attached hydrogens (tertiary/aromatic N) is 2. The molecule has 0 N–H and O–H groups in total. The van der Waals surface area contributed by atoms with Gasteiger partial charge in [-0.15, -0.1) is 0 Å². The zero-order chi connectivity index (χ0) is 21.8. The number of benzene rings is 2. The van der Waals surface area contributed by atoms with Gasteiger partial charge in [0.15, 0.2) is 0 Å². The first-order valence-electron chi connectivity index (χ1n) is 10.8. The van der Waals surface area contributed by atoms with E-state index in [2.05, 4.69) is 0 Å². The van der Waals surface area contributed by atoms with E-state index in [1.807, 2.05) is 4.90 Å². The number of hydrogen-bond donors (Lipinski definition) is 0. The molecule has 31 heavy (non-hydrogen) atoms. The molecule has 2 heterocycles. The van der Waals surface area contributed by atoms with E-state index in [9.17, 15) is 18.4 Å². The van der Waals surface area contributed by atoms with Crippen molar-refractivity contribution in [3.8, 4) is 5.75 Å². The zero-order valence-electron chi connectivity index (χ0n) is 17.4. The van der Waals surface area contributed by atoms with Gasteiger partial charge in [0.05, 0.1) is 12.2 Å². The van der Waals surface area contributed by atoms with Gasteiger partial charge in [-0.25, -0.2) is 8.78 Å². The molecule has 164 valence electrons. The number of hydrogen-bond acceptors (Lipinski definition) is 3. The van der Waals surface area contributed by atoms with E-state index in [4.69, 9.17) is 4.74 Å². The smallest absolute Gasteiger partial charge is 0.256 e. The van der Waals surface area contributed by atoms with Crippen LogP contribution in [0.1, 0.15) is 46.4 Å². The summed E-state index contributed by atoms with van der Waals surface area (Å²) in [6.07, 6.45) is 3.78. The first-order chi connectivity index (χ1) is 15.0. The number of halogens is 2. The Morgan fingerprint density at radius 2 is 1.61 bits per heavy atom. The summed E-state index contributed by atoms with van der Waals surface area (Å²) < 4.78 is 33.3. The van der Waals surface area contributed by atoms with E-state index in [-0.39, 0.29) is 17.4 Å². The summed E-state index contributed by atoms with van der Waals surface area (Å²) >= 11 is 0. The largest absolute Gasteiger partial charge is 0.493 e. The molecule has 2 aromatic carbocycles.